The molecular formula is C17H14F3N3O3S. The van der Waals surface area contributed by atoms with Crippen molar-refractivity contribution in [2.75, 3.05) is 5.32 Å². The molecule has 0 aromatic heterocycles. The summed E-state index contributed by atoms with van der Waals surface area (Å²) < 4.78 is 66.7. The number of carbonyl (C=O) groups excluding carboxylic acids is 1. The second-order valence-electron chi connectivity index (χ2n) is 5.74. The number of alkyl halides is 3. The van der Waals surface area contributed by atoms with Gasteiger partial charge < -0.3 is 10.6 Å². The fourth-order valence-electron chi connectivity index (χ4n) is 2.60. The molecule has 0 fully saturated rings. The van der Waals surface area contributed by atoms with E-state index in [0.717, 1.165) is 6.07 Å². The van der Waals surface area contributed by atoms with Crippen LogP contribution in [0.3, 0.4) is 0 Å². The molecule has 1 aliphatic heterocycles. The van der Waals surface area contributed by atoms with Crippen molar-refractivity contribution in [1.82, 2.24) is 5.32 Å². The quantitative estimate of drug-likeness (QED) is 0.831. The third-order valence-corrected chi connectivity index (χ3v) is 5.17. The molecule has 6 nitrogen and oxygen atoms in total. The first-order valence-electron chi connectivity index (χ1n) is 7.78. The van der Waals surface area contributed by atoms with E-state index in [1.165, 1.54) is 30.3 Å². The number of carbonyl (C=O) groups is 1. The number of amides is 1. The van der Waals surface area contributed by atoms with Gasteiger partial charge in [0.2, 0.25) is 5.91 Å². The number of anilines is 1. The Balaban J connectivity index is 1.69. The minimum absolute atomic E-state index is 0.00624. The van der Waals surface area contributed by atoms with Gasteiger partial charge in [-0.2, -0.15) is 21.6 Å². The van der Waals surface area contributed by atoms with Crippen molar-refractivity contribution in [3.05, 3.63) is 59.7 Å². The first-order valence-corrected chi connectivity index (χ1v) is 9.22. The van der Waals surface area contributed by atoms with E-state index in [9.17, 15) is 26.4 Å². The van der Waals surface area contributed by atoms with Crippen LogP contribution in [0.25, 0.3) is 0 Å². The van der Waals surface area contributed by atoms with Crippen LogP contribution in [0.5, 0.6) is 0 Å². The molecule has 0 unspecified atom stereocenters. The zero-order valence-electron chi connectivity index (χ0n) is 13.7. The second-order valence-corrected chi connectivity index (χ2v) is 7.32. The van der Waals surface area contributed by atoms with Crippen molar-refractivity contribution in [2.24, 2.45) is 4.40 Å². The number of para-hydroxylation sites is 1. The van der Waals surface area contributed by atoms with Gasteiger partial charge in [-0.1, -0.05) is 30.3 Å². The molecular weight excluding hydrogens is 383 g/mol. The molecule has 0 saturated heterocycles. The molecule has 0 atom stereocenters. The van der Waals surface area contributed by atoms with Gasteiger partial charge >= 0.3 is 6.18 Å². The van der Waals surface area contributed by atoms with E-state index < -0.39 is 34.1 Å². The van der Waals surface area contributed by atoms with Crippen LogP contribution in [0.4, 0.5) is 18.9 Å². The lowest BCUT2D eigenvalue weighted by molar-refractivity contribution is -0.138. The smallest absolute Gasteiger partial charge is 0.352 e. The maximum Gasteiger partial charge on any atom is 0.416 e. The van der Waals surface area contributed by atoms with Gasteiger partial charge in [-0.3, -0.25) is 4.79 Å². The highest BCUT2D eigenvalue weighted by Gasteiger charge is 2.33. The maximum absolute atomic E-state index is 13.0. The van der Waals surface area contributed by atoms with Crippen molar-refractivity contribution in [3.63, 3.8) is 0 Å². The second kappa shape index (κ2) is 7.03. The molecule has 0 spiro atoms. The Labute approximate surface area is 153 Å². The number of hydrogen-bond acceptors (Lipinski definition) is 4. The van der Waals surface area contributed by atoms with Crippen LogP contribution in [-0.4, -0.2) is 20.2 Å². The normalized spacial score (nSPS) is 15.3. The summed E-state index contributed by atoms with van der Waals surface area (Å²) in [5.41, 5.74) is -0.637. The Morgan fingerprint density at radius 3 is 2.48 bits per heavy atom. The summed E-state index contributed by atoms with van der Waals surface area (Å²) in [5.74, 6) is -0.761. The molecule has 1 amide bonds. The molecule has 142 valence electrons. The van der Waals surface area contributed by atoms with Crippen LogP contribution in [0, 0.1) is 0 Å². The fourth-order valence-corrected chi connectivity index (χ4v) is 3.75. The first kappa shape index (κ1) is 18.9. The van der Waals surface area contributed by atoms with Crippen LogP contribution in [0.2, 0.25) is 0 Å². The maximum atomic E-state index is 13.0. The van der Waals surface area contributed by atoms with Gasteiger partial charge in [0.15, 0.2) is 0 Å². The summed E-state index contributed by atoms with van der Waals surface area (Å²) in [6, 6.07) is 11.0. The van der Waals surface area contributed by atoms with Crippen LogP contribution in [0.1, 0.15) is 17.5 Å². The Morgan fingerprint density at radius 2 is 1.74 bits per heavy atom. The highest BCUT2D eigenvalue weighted by atomic mass is 32.2. The van der Waals surface area contributed by atoms with Crippen LogP contribution in [-0.2, 0) is 27.5 Å². The number of sulfonamides is 1. The molecule has 0 saturated carbocycles. The zero-order chi connectivity index (χ0) is 19.7. The number of nitrogens with one attached hydrogen (secondary N) is 2. The average molecular weight is 397 g/mol. The van der Waals surface area contributed by atoms with Gasteiger partial charge in [0.25, 0.3) is 10.0 Å². The number of rotatable bonds is 4. The van der Waals surface area contributed by atoms with E-state index in [4.69, 9.17) is 0 Å². The van der Waals surface area contributed by atoms with E-state index in [1.54, 1.807) is 12.1 Å². The van der Waals surface area contributed by atoms with Crippen molar-refractivity contribution in [1.29, 1.82) is 0 Å². The topological polar surface area (TPSA) is 87.6 Å². The summed E-state index contributed by atoms with van der Waals surface area (Å²) >= 11 is 0. The Kier molecular flexibility index (Phi) is 4.92. The van der Waals surface area contributed by atoms with Gasteiger partial charge in [0, 0.05) is 6.54 Å². The number of benzene rings is 2. The van der Waals surface area contributed by atoms with Crippen molar-refractivity contribution in [2.45, 2.75) is 24.0 Å². The van der Waals surface area contributed by atoms with E-state index in [2.05, 4.69) is 15.0 Å². The first-order chi connectivity index (χ1) is 12.7. The minimum atomic E-state index is -4.53. The molecule has 1 aliphatic rings. The number of nitrogens with zero attached hydrogens (tertiary/aromatic N) is 1. The van der Waals surface area contributed by atoms with Crippen molar-refractivity contribution >= 4 is 27.5 Å². The highest BCUT2D eigenvalue weighted by molar-refractivity contribution is 7.90. The summed E-state index contributed by atoms with van der Waals surface area (Å²) in [7, 11) is -3.93. The van der Waals surface area contributed by atoms with E-state index >= 15 is 0 Å². The lowest BCUT2D eigenvalue weighted by atomic mass is 10.1. The van der Waals surface area contributed by atoms with Crippen molar-refractivity contribution in [3.8, 4) is 0 Å². The van der Waals surface area contributed by atoms with E-state index in [-0.39, 0.29) is 28.5 Å². The van der Waals surface area contributed by atoms with Crippen LogP contribution >= 0.6 is 0 Å². The Hall–Kier alpha value is -2.88. The standard InChI is InChI=1S/C17H14F3N3O3S/c18-17(19,20)12-6-2-1-5-11(12)10-21-16(24)9-15-22-13-7-3-4-8-14(13)27(25,26)23-15/h1-8H,9-10H2,(H,21,24)(H,22,23). The van der Waals surface area contributed by atoms with Gasteiger partial charge in [-0.15, -0.1) is 4.40 Å². The molecule has 3 rings (SSSR count). The van der Waals surface area contributed by atoms with Gasteiger partial charge in [-0.25, -0.2) is 0 Å². The monoisotopic (exact) mass is 397 g/mol. The van der Waals surface area contributed by atoms with Gasteiger partial charge in [-0.05, 0) is 23.8 Å². The molecule has 0 aliphatic carbocycles. The predicted molar refractivity (Wildman–Crippen MR) is 92.6 cm³/mol. The highest BCUT2D eigenvalue weighted by Crippen LogP contribution is 2.32. The predicted octanol–water partition coefficient (Wildman–Crippen LogP) is 2.92. The molecule has 0 radical (unpaired) electrons. The van der Waals surface area contributed by atoms with Crippen LogP contribution in [0.15, 0.2) is 57.8 Å². The summed E-state index contributed by atoms with van der Waals surface area (Å²) in [4.78, 5) is 12.1. The van der Waals surface area contributed by atoms with Crippen molar-refractivity contribution < 1.29 is 26.4 Å². The average Bonchev–Trinajstić information content (AvgIpc) is 2.59. The molecule has 2 aromatic rings. The lowest BCUT2D eigenvalue weighted by Crippen LogP contribution is -2.30. The SMILES string of the molecule is O=C(CC1=NS(=O)(=O)c2ccccc2N1)NCc1ccccc1C(F)(F)F. The lowest BCUT2D eigenvalue weighted by Gasteiger charge is -2.18. The summed E-state index contributed by atoms with van der Waals surface area (Å²) in [5, 5.41) is 5.10. The Bertz CT molecular complexity index is 1020. The summed E-state index contributed by atoms with van der Waals surface area (Å²) in [6.45, 7) is -0.342. The molecule has 0 bridgehead atoms. The van der Waals surface area contributed by atoms with E-state index in [1.807, 2.05) is 0 Å². The zero-order valence-corrected chi connectivity index (χ0v) is 14.6. The molecule has 10 heteroatoms. The summed E-state index contributed by atoms with van der Waals surface area (Å²) in [6.07, 6.45) is -4.95. The number of amidine groups is 1. The Morgan fingerprint density at radius 1 is 1.07 bits per heavy atom. The van der Waals surface area contributed by atoms with Gasteiger partial charge in [0.1, 0.15) is 10.7 Å². The molecule has 2 N–H and O–H groups in total. The third kappa shape index (κ3) is 4.27. The number of halogens is 3. The van der Waals surface area contributed by atoms with Crippen LogP contribution < -0.4 is 10.6 Å². The molecule has 27 heavy (non-hydrogen) atoms. The third-order valence-electron chi connectivity index (χ3n) is 3.80. The number of hydrogen-bond donors (Lipinski definition) is 2. The fraction of sp³-hybridized carbons (Fsp3) is 0.176. The van der Waals surface area contributed by atoms with Gasteiger partial charge in [0.05, 0.1) is 17.7 Å². The molecule has 2 aromatic carbocycles. The minimum Gasteiger partial charge on any atom is -0.352 e. The largest absolute Gasteiger partial charge is 0.416 e. The number of fused-ring (bicyclic) bond motifs is 1. The molecule has 1 heterocycles. The van der Waals surface area contributed by atoms with E-state index in [0.29, 0.717) is 0 Å².